The fourth-order valence-corrected chi connectivity index (χ4v) is 3.58. The lowest BCUT2D eigenvalue weighted by atomic mass is 10.1. The van der Waals surface area contributed by atoms with Gasteiger partial charge < -0.3 is 15.4 Å². The van der Waals surface area contributed by atoms with Crippen LogP contribution >= 0.6 is 0 Å². The summed E-state index contributed by atoms with van der Waals surface area (Å²) in [5, 5.41) is 4.98. The minimum atomic E-state index is -4.99. The fourth-order valence-electron chi connectivity index (χ4n) is 3.58. The van der Waals surface area contributed by atoms with E-state index < -0.39 is 12.1 Å². The molecular formula is C25H24F3N5O2. The minimum absolute atomic E-state index is 0.0201. The van der Waals surface area contributed by atoms with Crippen LogP contribution in [-0.4, -0.2) is 47.2 Å². The Morgan fingerprint density at radius 3 is 2.83 bits per heavy atom. The van der Waals surface area contributed by atoms with E-state index in [4.69, 9.17) is 4.74 Å². The molecule has 1 aromatic heterocycles. The maximum Gasteiger partial charge on any atom is 0.471 e. The van der Waals surface area contributed by atoms with E-state index in [-0.39, 0.29) is 11.6 Å². The third kappa shape index (κ3) is 6.80. The maximum atomic E-state index is 12.8. The van der Waals surface area contributed by atoms with Crippen LogP contribution in [0.15, 0.2) is 66.9 Å². The predicted molar refractivity (Wildman–Crippen MR) is 127 cm³/mol. The van der Waals surface area contributed by atoms with Crippen molar-refractivity contribution in [3.05, 3.63) is 72.4 Å². The van der Waals surface area contributed by atoms with Crippen molar-refractivity contribution in [1.82, 2.24) is 14.9 Å². The second kappa shape index (κ2) is 10.6. The molecule has 1 aliphatic rings. The second-order valence-corrected chi connectivity index (χ2v) is 8.09. The number of carbonyl (C=O) groups excluding carboxylic acids is 1. The molecule has 0 saturated heterocycles. The maximum absolute atomic E-state index is 12.8. The van der Waals surface area contributed by atoms with Gasteiger partial charge in [-0.15, -0.1) is 0 Å². The molecule has 4 rings (SSSR count). The first-order chi connectivity index (χ1) is 16.8. The number of ether oxygens (including phenoxy) is 1. The lowest BCUT2D eigenvalue weighted by molar-refractivity contribution is -0.167. The van der Waals surface area contributed by atoms with Crippen molar-refractivity contribution in [3.8, 4) is 17.0 Å². The number of rotatable bonds is 1. The van der Waals surface area contributed by atoms with Crippen molar-refractivity contribution in [2.75, 3.05) is 30.8 Å². The zero-order valence-electron chi connectivity index (χ0n) is 19.0. The number of aromatic nitrogens is 2. The summed E-state index contributed by atoms with van der Waals surface area (Å²) >= 11 is 0. The van der Waals surface area contributed by atoms with Gasteiger partial charge >= 0.3 is 12.1 Å². The highest BCUT2D eigenvalue weighted by Crippen LogP contribution is 2.27. The molecule has 35 heavy (non-hydrogen) atoms. The lowest BCUT2D eigenvalue weighted by Crippen LogP contribution is -2.30. The van der Waals surface area contributed by atoms with Gasteiger partial charge in [-0.2, -0.15) is 13.2 Å². The molecule has 2 heterocycles. The Labute approximate surface area is 200 Å². The normalized spacial score (nSPS) is 15.7. The highest BCUT2D eigenvalue weighted by molar-refractivity contribution is 5.95. The van der Waals surface area contributed by atoms with Crippen LogP contribution in [0.3, 0.4) is 0 Å². The fraction of sp³-hybridized carbons (Fsp3) is 0.240. The average molecular weight is 483 g/mol. The Morgan fingerprint density at radius 2 is 2.00 bits per heavy atom. The molecule has 3 aromatic rings. The first-order valence-corrected chi connectivity index (χ1v) is 11.0. The number of amides is 1. The van der Waals surface area contributed by atoms with Gasteiger partial charge in [-0.1, -0.05) is 24.3 Å². The van der Waals surface area contributed by atoms with Gasteiger partial charge in [0, 0.05) is 36.2 Å². The predicted octanol–water partition coefficient (Wildman–Crippen LogP) is 5.16. The van der Waals surface area contributed by atoms with Crippen molar-refractivity contribution < 1.29 is 22.7 Å². The van der Waals surface area contributed by atoms with Crippen LogP contribution in [0, 0.1) is 0 Å². The van der Waals surface area contributed by atoms with Gasteiger partial charge in [-0.25, -0.2) is 9.97 Å². The summed E-state index contributed by atoms with van der Waals surface area (Å²) in [4.78, 5) is 22.3. The molecule has 10 heteroatoms. The Morgan fingerprint density at radius 1 is 1.14 bits per heavy atom. The highest BCUT2D eigenvalue weighted by Gasteiger charge is 2.38. The molecule has 2 aromatic carbocycles. The number of halogens is 3. The summed E-state index contributed by atoms with van der Waals surface area (Å²) in [5.74, 6) is -1.05. The monoisotopic (exact) mass is 483 g/mol. The van der Waals surface area contributed by atoms with Crippen LogP contribution in [0.25, 0.3) is 11.3 Å². The van der Waals surface area contributed by atoms with Gasteiger partial charge in [0.1, 0.15) is 5.75 Å². The summed E-state index contributed by atoms with van der Waals surface area (Å²) in [7, 11) is 1.89. The molecule has 1 amide bonds. The summed E-state index contributed by atoms with van der Waals surface area (Å²) in [5.41, 5.74) is 2.65. The number of benzene rings is 2. The number of hydrogen-bond donors (Lipinski definition) is 2. The molecule has 0 aliphatic carbocycles. The largest absolute Gasteiger partial charge is 0.493 e. The molecule has 7 nitrogen and oxygen atoms in total. The van der Waals surface area contributed by atoms with E-state index >= 15 is 0 Å². The van der Waals surface area contributed by atoms with E-state index in [2.05, 4.69) is 15.3 Å². The van der Waals surface area contributed by atoms with Crippen LogP contribution in [0.4, 0.5) is 30.5 Å². The summed E-state index contributed by atoms with van der Waals surface area (Å²) in [6, 6.07) is 14.0. The van der Waals surface area contributed by atoms with Crippen molar-refractivity contribution in [3.63, 3.8) is 0 Å². The van der Waals surface area contributed by atoms with Crippen LogP contribution in [0.1, 0.15) is 12.0 Å². The molecular weight excluding hydrogens is 459 g/mol. The lowest BCUT2D eigenvalue weighted by Gasteiger charge is -2.18. The van der Waals surface area contributed by atoms with Crippen LogP contribution < -0.4 is 15.4 Å². The van der Waals surface area contributed by atoms with Crippen molar-refractivity contribution in [2.45, 2.75) is 19.1 Å². The molecule has 0 atom stereocenters. The third-order valence-corrected chi connectivity index (χ3v) is 5.14. The number of hydrogen-bond acceptors (Lipinski definition) is 6. The summed E-state index contributed by atoms with van der Waals surface area (Å²) < 4.78 is 44.4. The number of nitrogens with zero attached hydrogens (tertiary/aromatic N) is 3. The Kier molecular flexibility index (Phi) is 7.31. The van der Waals surface area contributed by atoms with E-state index in [1.54, 1.807) is 18.3 Å². The van der Waals surface area contributed by atoms with Gasteiger partial charge in [0.05, 0.1) is 12.3 Å². The highest BCUT2D eigenvalue weighted by atomic mass is 19.4. The summed E-state index contributed by atoms with van der Waals surface area (Å²) in [6.07, 6.45) is 1.35. The minimum Gasteiger partial charge on any atom is -0.493 e. The standard InChI is InChI=1S/C25H24F3N5O2/c1-33-10-3-2-4-11-35-21-7-5-6-18(14-21)22-8-9-29-24(32-22)31-20-13-17(16-33)12-19(15-20)30-23(34)25(26,27)28/h2-3,5-9,12-15H,4,10-11,16H2,1H3,(H,30,34)(H,29,31,32)/b3-2+. The number of nitrogens with one attached hydrogen (secondary N) is 2. The topological polar surface area (TPSA) is 79.4 Å². The Bertz CT molecular complexity index is 1230. The van der Waals surface area contributed by atoms with E-state index in [1.165, 1.54) is 12.1 Å². The number of carbonyl (C=O) groups is 1. The number of alkyl halides is 3. The van der Waals surface area contributed by atoms with Gasteiger partial charge in [0.2, 0.25) is 5.95 Å². The van der Waals surface area contributed by atoms with E-state index in [1.807, 2.05) is 53.7 Å². The zero-order chi connectivity index (χ0) is 24.8. The second-order valence-electron chi connectivity index (χ2n) is 8.09. The molecule has 2 N–H and O–H groups in total. The van der Waals surface area contributed by atoms with Crippen LogP contribution in [0.5, 0.6) is 5.75 Å². The molecule has 1 aliphatic heterocycles. The van der Waals surface area contributed by atoms with Crippen molar-refractivity contribution in [1.29, 1.82) is 0 Å². The molecule has 182 valence electrons. The van der Waals surface area contributed by atoms with E-state index in [9.17, 15) is 18.0 Å². The third-order valence-electron chi connectivity index (χ3n) is 5.14. The Hall–Kier alpha value is -3.92. The zero-order valence-corrected chi connectivity index (χ0v) is 19.0. The molecule has 0 unspecified atom stereocenters. The van der Waals surface area contributed by atoms with Gasteiger partial charge in [0.15, 0.2) is 0 Å². The number of anilines is 3. The van der Waals surface area contributed by atoms with Gasteiger partial charge in [-0.05, 0) is 55.4 Å². The van der Waals surface area contributed by atoms with Crippen LogP contribution in [0.2, 0.25) is 0 Å². The summed E-state index contributed by atoms with van der Waals surface area (Å²) in [6.45, 7) is 1.59. The smallest absolute Gasteiger partial charge is 0.471 e. The quantitative estimate of drug-likeness (QED) is 0.466. The molecule has 0 spiro atoms. The number of fused-ring (bicyclic) bond motifs is 7. The molecule has 0 fully saturated rings. The SMILES string of the molecule is CN1C/C=C/CCOc2cccc(c2)-c2ccnc(n2)Nc2cc(cc(NC(=O)C(F)(F)F)c2)C1. The van der Waals surface area contributed by atoms with Crippen LogP contribution in [-0.2, 0) is 11.3 Å². The first kappa shape index (κ1) is 24.2. The molecule has 0 saturated carbocycles. The van der Waals surface area contributed by atoms with Gasteiger partial charge in [-0.3, -0.25) is 9.69 Å². The Balaban J connectivity index is 1.70. The van der Waals surface area contributed by atoms with E-state index in [0.29, 0.717) is 36.6 Å². The van der Waals surface area contributed by atoms with Crippen molar-refractivity contribution >= 4 is 23.2 Å². The van der Waals surface area contributed by atoms with E-state index in [0.717, 1.165) is 17.7 Å². The molecule has 6 bridgehead atoms. The number of likely N-dealkylation sites (N-methyl/N-ethyl adjacent to an activating group) is 1. The average Bonchev–Trinajstić information content (AvgIpc) is 2.80. The first-order valence-electron chi connectivity index (χ1n) is 11.0. The molecule has 0 radical (unpaired) electrons. The van der Waals surface area contributed by atoms with Crippen molar-refractivity contribution in [2.24, 2.45) is 0 Å². The van der Waals surface area contributed by atoms with Gasteiger partial charge in [0.25, 0.3) is 0 Å².